The van der Waals surface area contributed by atoms with Gasteiger partial charge in [-0.05, 0) is 31.4 Å². The average Bonchev–Trinajstić information content (AvgIpc) is 2.89. The van der Waals surface area contributed by atoms with Gasteiger partial charge in [-0.25, -0.2) is 0 Å². The highest BCUT2D eigenvalue weighted by molar-refractivity contribution is 7.98. The van der Waals surface area contributed by atoms with Crippen LogP contribution in [0.4, 0.5) is 0 Å². The largest absolute Gasteiger partial charge is 0.489 e. The molecule has 1 atom stereocenters. The molecule has 2 aromatic rings. The maximum absolute atomic E-state index is 12.0. The second-order valence-electron chi connectivity index (χ2n) is 5.64. The number of hydrogen-bond donors (Lipinski definition) is 1. The molecule has 1 heterocycles. The SMILES string of the molecule is CSCNC[C@@H](C)Oc1ccc2cc(C(=O)C(C)C)oc2c1. The van der Waals surface area contributed by atoms with Crippen molar-refractivity contribution in [3.63, 3.8) is 0 Å². The minimum atomic E-state index is -0.0705. The average molecular weight is 321 g/mol. The summed E-state index contributed by atoms with van der Waals surface area (Å²) in [4.78, 5) is 12.0. The molecule has 0 bridgehead atoms. The molecule has 120 valence electrons. The van der Waals surface area contributed by atoms with Crippen molar-refractivity contribution in [1.82, 2.24) is 5.32 Å². The molecular weight excluding hydrogens is 298 g/mol. The van der Waals surface area contributed by atoms with Gasteiger partial charge in [0.05, 0.1) is 0 Å². The van der Waals surface area contributed by atoms with Crippen LogP contribution < -0.4 is 10.1 Å². The van der Waals surface area contributed by atoms with Crippen LogP contribution in [0.5, 0.6) is 5.75 Å². The summed E-state index contributed by atoms with van der Waals surface area (Å²) in [5.74, 6) is 2.03. The van der Waals surface area contributed by atoms with Gasteiger partial charge in [0.25, 0.3) is 0 Å². The van der Waals surface area contributed by atoms with Crippen LogP contribution in [-0.4, -0.2) is 30.6 Å². The number of thioether (sulfide) groups is 1. The zero-order chi connectivity index (χ0) is 16.1. The van der Waals surface area contributed by atoms with E-state index in [-0.39, 0.29) is 17.8 Å². The second kappa shape index (κ2) is 7.70. The number of carbonyl (C=O) groups is 1. The highest BCUT2D eigenvalue weighted by Crippen LogP contribution is 2.26. The first-order chi connectivity index (χ1) is 10.5. The lowest BCUT2D eigenvalue weighted by Crippen LogP contribution is -2.28. The predicted molar refractivity (Wildman–Crippen MR) is 91.9 cm³/mol. The fourth-order valence-electron chi connectivity index (χ4n) is 2.13. The summed E-state index contributed by atoms with van der Waals surface area (Å²) in [5.41, 5.74) is 0.686. The highest BCUT2D eigenvalue weighted by Gasteiger charge is 2.16. The molecule has 1 aromatic carbocycles. The predicted octanol–water partition coefficient (Wildman–Crippen LogP) is 3.95. The molecule has 5 heteroatoms. The number of rotatable bonds is 8. The minimum absolute atomic E-state index is 0.0216. The van der Waals surface area contributed by atoms with E-state index >= 15 is 0 Å². The lowest BCUT2D eigenvalue weighted by Gasteiger charge is -2.15. The van der Waals surface area contributed by atoms with Crippen LogP contribution in [0.1, 0.15) is 31.3 Å². The Balaban J connectivity index is 2.08. The third-order valence-corrected chi connectivity index (χ3v) is 3.77. The van der Waals surface area contributed by atoms with E-state index in [1.54, 1.807) is 17.8 Å². The fraction of sp³-hybridized carbons (Fsp3) is 0.471. The van der Waals surface area contributed by atoms with Crippen LogP contribution in [0.15, 0.2) is 28.7 Å². The number of benzene rings is 1. The smallest absolute Gasteiger partial charge is 0.200 e. The van der Waals surface area contributed by atoms with Gasteiger partial charge < -0.3 is 14.5 Å². The van der Waals surface area contributed by atoms with Crippen LogP contribution in [0, 0.1) is 5.92 Å². The third kappa shape index (κ3) is 4.27. The summed E-state index contributed by atoms with van der Waals surface area (Å²) in [6, 6.07) is 7.47. The fourth-order valence-corrected chi connectivity index (χ4v) is 2.45. The molecule has 0 aliphatic rings. The molecule has 0 unspecified atom stereocenters. The van der Waals surface area contributed by atoms with Gasteiger partial charge in [-0.3, -0.25) is 4.79 Å². The van der Waals surface area contributed by atoms with Crippen molar-refractivity contribution in [2.45, 2.75) is 26.9 Å². The van der Waals surface area contributed by atoms with Crippen molar-refractivity contribution in [2.75, 3.05) is 18.7 Å². The number of ether oxygens (including phenoxy) is 1. The molecular formula is C17H23NO3S. The van der Waals surface area contributed by atoms with E-state index in [0.717, 1.165) is 23.6 Å². The van der Waals surface area contributed by atoms with Gasteiger partial charge in [-0.2, -0.15) is 0 Å². The van der Waals surface area contributed by atoms with Gasteiger partial charge in [0.1, 0.15) is 17.4 Å². The zero-order valence-electron chi connectivity index (χ0n) is 13.5. The topological polar surface area (TPSA) is 51.5 Å². The lowest BCUT2D eigenvalue weighted by molar-refractivity contribution is 0.0913. The van der Waals surface area contributed by atoms with Crippen LogP contribution in [0.3, 0.4) is 0 Å². The Kier molecular flexibility index (Phi) is 5.91. The van der Waals surface area contributed by atoms with Crippen LogP contribution >= 0.6 is 11.8 Å². The van der Waals surface area contributed by atoms with Crippen molar-refractivity contribution < 1.29 is 13.9 Å². The number of furan rings is 1. The molecule has 2 rings (SSSR count). The quantitative estimate of drug-likeness (QED) is 0.453. The molecule has 0 saturated heterocycles. The first-order valence-corrected chi connectivity index (χ1v) is 8.84. The van der Waals surface area contributed by atoms with Crippen molar-refractivity contribution in [1.29, 1.82) is 0 Å². The number of Topliss-reactive ketones (excluding diaryl/α,β-unsaturated/α-hetero) is 1. The summed E-state index contributed by atoms with van der Waals surface area (Å²) in [5, 5.41) is 4.21. The molecule has 0 aliphatic heterocycles. The molecule has 0 aliphatic carbocycles. The summed E-state index contributed by atoms with van der Waals surface area (Å²) in [6.07, 6.45) is 2.12. The van der Waals surface area contributed by atoms with E-state index in [1.807, 2.05) is 39.0 Å². The van der Waals surface area contributed by atoms with Gasteiger partial charge in [0.15, 0.2) is 5.76 Å². The van der Waals surface area contributed by atoms with Gasteiger partial charge in [0.2, 0.25) is 5.78 Å². The first kappa shape index (κ1) is 16.9. The third-order valence-electron chi connectivity index (χ3n) is 3.27. The van der Waals surface area contributed by atoms with E-state index < -0.39 is 0 Å². The first-order valence-electron chi connectivity index (χ1n) is 7.45. The second-order valence-corrected chi connectivity index (χ2v) is 6.51. The standard InChI is InChI=1S/C17H23NO3S/c1-11(2)17(19)16-7-13-5-6-14(8-15(13)21-16)20-12(3)9-18-10-22-4/h5-8,11-12,18H,9-10H2,1-4H3/t12-/m1/s1. The molecule has 1 N–H and O–H groups in total. The number of fused-ring (bicyclic) bond motifs is 1. The number of nitrogens with one attached hydrogen (secondary N) is 1. The Morgan fingerprint density at radius 1 is 1.32 bits per heavy atom. The summed E-state index contributed by atoms with van der Waals surface area (Å²) in [6.45, 7) is 6.54. The van der Waals surface area contributed by atoms with Gasteiger partial charge >= 0.3 is 0 Å². The van der Waals surface area contributed by atoms with E-state index in [4.69, 9.17) is 9.15 Å². The summed E-state index contributed by atoms with van der Waals surface area (Å²) >= 11 is 1.75. The zero-order valence-corrected chi connectivity index (χ0v) is 14.3. The Labute approximate surface area is 135 Å². The van der Waals surface area contributed by atoms with Crippen LogP contribution in [-0.2, 0) is 0 Å². The molecule has 4 nitrogen and oxygen atoms in total. The Morgan fingerprint density at radius 2 is 2.09 bits per heavy atom. The Hall–Kier alpha value is -1.46. The van der Waals surface area contributed by atoms with E-state index in [9.17, 15) is 4.79 Å². The summed E-state index contributed by atoms with van der Waals surface area (Å²) < 4.78 is 11.5. The van der Waals surface area contributed by atoms with Crippen molar-refractivity contribution in [3.05, 3.63) is 30.0 Å². The molecule has 1 aromatic heterocycles. The van der Waals surface area contributed by atoms with E-state index in [1.165, 1.54) is 0 Å². The Bertz CT molecular complexity index is 636. The number of carbonyl (C=O) groups excluding carboxylic acids is 1. The monoisotopic (exact) mass is 321 g/mol. The van der Waals surface area contributed by atoms with E-state index in [0.29, 0.717) is 11.3 Å². The van der Waals surface area contributed by atoms with E-state index in [2.05, 4.69) is 11.6 Å². The maximum Gasteiger partial charge on any atom is 0.200 e. The van der Waals surface area contributed by atoms with Gasteiger partial charge in [0, 0.05) is 29.8 Å². The normalized spacial score (nSPS) is 12.8. The van der Waals surface area contributed by atoms with Crippen LogP contribution in [0.2, 0.25) is 0 Å². The molecule has 0 fully saturated rings. The highest BCUT2D eigenvalue weighted by atomic mass is 32.2. The van der Waals surface area contributed by atoms with Crippen molar-refractivity contribution in [3.8, 4) is 5.75 Å². The molecule has 0 spiro atoms. The molecule has 0 radical (unpaired) electrons. The van der Waals surface area contributed by atoms with Gasteiger partial charge in [-0.15, -0.1) is 11.8 Å². The molecule has 0 saturated carbocycles. The number of ketones is 1. The lowest BCUT2D eigenvalue weighted by atomic mass is 10.1. The minimum Gasteiger partial charge on any atom is -0.489 e. The van der Waals surface area contributed by atoms with Crippen LogP contribution in [0.25, 0.3) is 11.0 Å². The van der Waals surface area contributed by atoms with Gasteiger partial charge in [-0.1, -0.05) is 13.8 Å². The molecule has 22 heavy (non-hydrogen) atoms. The molecule has 0 amide bonds. The Morgan fingerprint density at radius 3 is 2.77 bits per heavy atom. The van der Waals surface area contributed by atoms with Crippen molar-refractivity contribution in [2.24, 2.45) is 5.92 Å². The van der Waals surface area contributed by atoms with Crippen molar-refractivity contribution >= 4 is 28.5 Å². The number of hydrogen-bond acceptors (Lipinski definition) is 5. The maximum atomic E-state index is 12.0. The summed E-state index contributed by atoms with van der Waals surface area (Å²) in [7, 11) is 0.